The number of rotatable bonds is 1. The van der Waals surface area contributed by atoms with Crippen molar-refractivity contribution in [3.8, 4) is 0 Å². The van der Waals surface area contributed by atoms with Crippen LogP contribution in [0.2, 0.25) is 13.1 Å². The van der Waals surface area contributed by atoms with Gasteiger partial charge in [0, 0.05) is 0 Å². The van der Waals surface area contributed by atoms with E-state index >= 15 is 0 Å². The average molecular weight is 101 g/mol. The smallest absolute Gasteiger partial charge is 0.132 e. The highest BCUT2D eigenvalue weighted by Gasteiger charge is 1.82. The summed E-state index contributed by atoms with van der Waals surface area (Å²) >= 11 is 0. The summed E-state index contributed by atoms with van der Waals surface area (Å²) in [5.41, 5.74) is 0. The second-order valence-electron chi connectivity index (χ2n) is 1.12. The standard InChI is InChI=1S/C2H7NSi2/c1-5(2)3-4/h3H,1-2H3. The number of hydrogen-bond acceptors (Lipinski definition) is 1. The number of hydrogen-bond donors (Lipinski definition) is 1. The Hall–Kier alpha value is 0.394. The molecule has 0 aliphatic carbocycles. The van der Waals surface area contributed by atoms with Gasteiger partial charge in [0.1, 0.15) is 19.4 Å². The summed E-state index contributed by atoms with van der Waals surface area (Å²) in [6, 6.07) is 0. The molecule has 0 saturated heterocycles. The van der Waals surface area contributed by atoms with Gasteiger partial charge in [-0.3, -0.25) is 0 Å². The monoisotopic (exact) mass is 101 g/mol. The first-order valence-corrected chi connectivity index (χ1v) is 4.50. The second-order valence-corrected chi connectivity index (χ2v) is 4.12. The van der Waals surface area contributed by atoms with Crippen molar-refractivity contribution < 1.29 is 0 Å². The van der Waals surface area contributed by atoms with E-state index in [-0.39, 0.29) is 8.96 Å². The fourth-order valence-electron chi connectivity index (χ4n) is 0. The lowest BCUT2D eigenvalue weighted by molar-refractivity contribution is 1.54. The summed E-state index contributed by atoms with van der Waals surface area (Å²) < 4.78 is 2.94. The predicted molar refractivity (Wildman–Crippen MR) is 26.4 cm³/mol. The molecule has 5 heavy (non-hydrogen) atoms. The van der Waals surface area contributed by atoms with Crippen LogP contribution in [-0.2, 0) is 0 Å². The minimum atomic E-state index is -0.210. The lowest BCUT2D eigenvalue weighted by Crippen LogP contribution is -2.23. The molecule has 4 radical (unpaired) electrons. The maximum absolute atomic E-state index is 3.15. The third-order valence-corrected chi connectivity index (χ3v) is 2.25. The van der Waals surface area contributed by atoms with Crippen molar-refractivity contribution in [2.24, 2.45) is 0 Å². The van der Waals surface area contributed by atoms with Crippen molar-refractivity contribution >= 4 is 19.4 Å². The van der Waals surface area contributed by atoms with Crippen molar-refractivity contribution in [1.29, 1.82) is 0 Å². The van der Waals surface area contributed by atoms with E-state index in [1.807, 2.05) is 0 Å². The van der Waals surface area contributed by atoms with Crippen LogP contribution < -0.4 is 4.65 Å². The molecule has 0 spiro atoms. The molecule has 0 aromatic carbocycles. The molecular weight excluding hydrogens is 94.2 g/mol. The van der Waals surface area contributed by atoms with Crippen molar-refractivity contribution in [3.63, 3.8) is 0 Å². The van der Waals surface area contributed by atoms with E-state index in [0.29, 0.717) is 0 Å². The van der Waals surface area contributed by atoms with Gasteiger partial charge in [-0.2, -0.15) is 0 Å². The molecule has 0 aromatic heterocycles. The first kappa shape index (κ1) is 5.39. The molecule has 1 nitrogen and oxygen atoms in total. The molecule has 0 bridgehead atoms. The first-order valence-electron chi connectivity index (χ1n) is 1.50. The molecule has 0 amide bonds. The van der Waals surface area contributed by atoms with Gasteiger partial charge in [-0.15, -0.1) is 0 Å². The normalized spacial score (nSPS) is 9.60. The van der Waals surface area contributed by atoms with Crippen molar-refractivity contribution in [2.45, 2.75) is 13.1 Å². The highest BCUT2D eigenvalue weighted by atomic mass is 28.3. The summed E-state index contributed by atoms with van der Waals surface area (Å²) in [6.07, 6.45) is 0. The van der Waals surface area contributed by atoms with Crippen LogP contribution in [0.15, 0.2) is 0 Å². The third-order valence-electron chi connectivity index (χ3n) is 0.250. The lowest BCUT2D eigenvalue weighted by atomic mass is 11.9. The van der Waals surface area contributed by atoms with Gasteiger partial charge in [0.15, 0.2) is 0 Å². The van der Waals surface area contributed by atoms with Crippen molar-refractivity contribution in [3.05, 3.63) is 0 Å². The molecule has 0 atom stereocenters. The van der Waals surface area contributed by atoms with E-state index in [1.54, 1.807) is 0 Å². The Morgan fingerprint density at radius 1 is 1.60 bits per heavy atom. The summed E-state index contributed by atoms with van der Waals surface area (Å²) in [5.74, 6) is 0. The Morgan fingerprint density at radius 3 is 1.80 bits per heavy atom. The van der Waals surface area contributed by atoms with E-state index in [2.05, 4.69) is 28.1 Å². The van der Waals surface area contributed by atoms with Gasteiger partial charge in [0.05, 0.1) is 0 Å². The van der Waals surface area contributed by atoms with Crippen LogP contribution in [0, 0.1) is 0 Å². The maximum Gasteiger partial charge on any atom is 0.132 e. The van der Waals surface area contributed by atoms with Crippen LogP contribution >= 0.6 is 0 Å². The Balaban J connectivity index is 2.54. The van der Waals surface area contributed by atoms with Crippen LogP contribution in [0.1, 0.15) is 0 Å². The molecule has 0 aliphatic heterocycles. The van der Waals surface area contributed by atoms with E-state index in [0.717, 1.165) is 0 Å². The fraction of sp³-hybridized carbons (Fsp3) is 1.00. The molecule has 0 saturated carbocycles. The van der Waals surface area contributed by atoms with Crippen LogP contribution in [0.25, 0.3) is 0 Å². The molecule has 0 heterocycles. The largest absolute Gasteiger partial charge is 0.364 e. The Labute approximate surface area is 38.0 Å². The van der Waals surface area contributed by atoms with Crippen LogP contribution in [0.5, 0.6) is 0 Å². The molecule has 0 fully saturated rings. The van der Waals surface area contributed by atoms with Gasteiger partial charge in [-0.1, -0.05) is 13.1 Å². The number of nitrogens with one attached hydrogen (secondary N) is 1. The topological polar surface area (TPSA) is 12.0 Å². The van der Waals surface area contributed by atoms with Crippen molar-refractivity contribution in [2.75, 3.05) is 0 Å². The summed E-state index contributed by atoms with van der Waals surface area (Å²) in [7, 11) is 2.94. The second kappa shape index (κ2) is 2.62. The molecule has 0 aromatic rings. The molecule has 0 aliphatic rings. The highest BCUT2D eigenvalue weighted by Crippen LogP contribution is 1.61. The first-order chi connectivity index (χ1) is 2.27. The molecule has 0 unspecified atom stereocenters. The molecule has 0 rings (SSSR count). The highest BCUT2D eigenvalue weighted by molar-refractivity contribution is 6.58. The van der Waals surface area contributed by atoms with Gasteiger partial charge in [0.2, 0.25) is 0 Å². The van der Waals surface area contributed by atoms with Crippen LogP contribution in [0.4, 0.5) is 0 Å². The fourth-order valence-corrected chi connectivity index (χ4v) is 0. The zero-order chi connectivity index (χ0) is 4.28. The van der Waals surface area contributed by atoms with Gasteiger partial charge in [-0.25, -0.2) is 0 Å². The minimum absolute atomic E-state index is 0.210. The Kier molecular flexibility index (Phi) is 2.83. The molecule has 1 N–H and O–H groups in total. The molecule has 3 heteroatoms. The van der Waals surface area contributed by atoms with Gasteiger partial charge in [-0.05, 0) is 0 Å². The summed E-state index contributed by atoms with van der Waals surface area (Å²) in [5, 5.41) is 0. The zero-order valence-corrected chi connectivity index (χ0v) is 5.50. The molecular formula is C2H7NSi2. The van der Waals surface area contributed by atoms with Gasteiger partial charge >= 0.3 is 0 Å². The van der Waals surface area contributed by atoms with Gasteiger partial charge in [0.25, 0.3) is 0 Å². The minimum Gasteiger partial charge on any atom is -0.364 e. The zero-order valence-electron chi connectivity index (χ0n) is 3.50. The quantitative estimate of drug-likeness (QED) is 0.455. The van der Waals surface area contributed by atoms with Crippen LogP contribution in [-0.4, -0.2) is 19.4 Å². The predicted octanol–water partition coefficient (Wildman–Crippen LogP) is -0.0894. The van der Waals surface area contributed by atoms with Crippen LogP contribution in [0.3, 0.4) is 0 Å². The molecule has 28 valence electrons. The maximum atomic E-state index is 3.15. The van der Waals surface area contributed by atoms with Crippen molar-refractivity contribution in [1.82, 2.24) is 4.65 Å². The average Bonchev–Trinajstić information content (AvgIpc) is 1.38. The Morgan fingerprint density at radius 2 is 1.80 bits per heavy atom. The lowest BCUT2D eigenvalue weighted by Gasteiger charge is -1.91. The summed E-state index contributed by atoms with van der Waals surface area (Å²) in [4.78, 5) is 0. The van der Waals surface area contributed by atoms with E-state index < -0.39 is 0 Å². The summed E-state index contributed by atoms with van der Waals surface area (Å²) in [6.45, 7) is 4.33. The SMILES string of the molecule is C[Si](C)N[Si]. The van der Waals surface area contributed by atoms with E-state index in [4.69, 9.17) is 0 Å². The van der Waals surface area contributed by atoms with E-state index in [9.17, 15) is 0 Å². The van der Waals surface area contributed by atoms with E-state index in [1.165, 1.54) is 0 Å². The Bertz CT molecular complexity index is 21.6. The van der Waals surface area contributed by atoms with Gasteiger partial charge < -0.3 is 4.65 Å². The third kappa shape index (κ3) is 4.39.